The molecule has 0 bridgehead atoms. The zero-order valence-electron chi connectivity index (χ0n) is 10.4. The molecule has 2 aliphatic rings. The molecule has 1 saturated heterocycles. The van der Waals surface area contributed by atoms with E-state index in [9.17, 15) is 0 Å². The first-order valence-electron chi connectivity index (χ1n) is 6.47. The minimum atomic E-state index is 0.524. The van der Waals surface area contributed by atoms with Gasteiger partial charge in [0.15, 0.2) is 11.5 Å². The molecule has 3 rings (SSSR count). The van der Waals surface area contributed by atoms with Crippen LogP contribution in [0.5, 0.6) is 11.5 Å². The van der Waals surface area contributed by atoms with Crippen LogP contribution < -0.4 is 25.4 Å². The zero-order chi connectivity index (χ0) is 12.4. The second kappa shape index (κ2) is 5.04. The maximum atomic E-state index is 5.85. The van der Waals surface area contributed by atoms with Crippen LogP contribution in [0.2, 0.25) is 0 Å². The molecular weight excluding hydrogens is 230 g/mol. The lowest BCUT2D eigenvalue weighted by Crippen LogP contribution is -2.44. The summed E-state index contributed by atoms with van der Waals surface area (Å²) in [5, 5.41) is 3.36. The highest BCUT2D eigenvalue weighted by Gasteiger charge is 2.24. The molecule has 0 unspecified atom stereocenters. The summed E-state index contributed by atoms with van der Waals surface area (Å²) in [6, 6.07) is 4.01. The van der Waals surface area contributed by atoms with E-state index in [-0.39, 0.29) is 0 Å². The van der Waals surface area contributed by atoms with Gasteiger partial charge in [0, 0.05) is 32.7 Å². The molecule has 2 aliphatic heterocycles. The third kappa shape index (κ3) is 2.00. The van der Waals surface area contributed by atoms with Crippen molar-refractivity contribution in [2.45, 2.75) is 6.54 Å². The van der Waals surface area contributed by atoms with Gasteiger partial charge in [0.2, 0.25) is 0 Å². The van der Waals surface area contributed by atoms with Crippen molar-refractivity contribution in [2.75, 3.05) is 44.3 Å². The first-order chi connectivity index (χ1) is 8.90. The Morgan fingerprint density at radius 3 is 2.72 bits per heavy atom. The fourth-order valence-corrected chi connectivity index (χ4v) is 2.54. The Bertz CT molecular complexity index is 430. The van der Waals surface area contributed by atoms with Crippen LogP contribution in [0.4, 0.5) is 5.69 Å². The van der Waals surface area contributed by atoms with Crippen LogP contribution in [-0.2, 0) is 6.54 Å². The van der Waals surface area contributed by atoms with E-state index in [0.717, 1.165) is 48.9 Å². The zero-order valence-corrected chi connectivity index (χ0v) is 10.4. The van der Waals surface area contributed by atoms with Gasteiger partial charge in [0.1, 0.15) is 13.2 Å². The van der Waals surface area contributed by atoms with Crippen molar-refractivity contribution in [3.8, 4) is 11.5 Å². The van der Waals surface area contributed by atoms with Crippen molar-refractivity contribution in [3.63, 3.8) is 0 Å². The van der Waals surface area contributed by atoms with E-state index in [0.29, 0.717) is 19.8 Å². The second-order valence-corrected chi connectivity index (χ2v) is 4.54. The molecule has 0 radical (unpaired) electrons. The molecule has 5 heteroatoms. The molecule has 5 nitrogen and oxygen atoms in total. The predicted octanol–water partition coefficient (Wildman–Crippen LogP) is 0.326. The lowest BCUT2D eigenvalue weighted by Gasteiger charge is -2.34. The average molecular weight is 249 g/mol. The van der Waals surface area contributed by atoms with E-state index in [1.54, 1.807) is 0 Å². The quantitative estimate of drug-likeness (QED) is 0.791. The summed E-state index contributed by atoms with van der Waals surface area (Å²) in [6.45, 7) is 5.70. The Hall–Kier alpha value is -1.46. The number of hydrogen-bond acceptors (Lipinski definition) is 5. The summed E-state index contributed by atoms with van der Waals surface area (Å²) >= 11 is 0. The third-order valence-corrected chi connectivity index (χ3v) is 3.42. The topological polar surface area (TPSA) is 59.8 Å². The van der Waals surface area contributed by atoms with Gasteiger partial charge >= 0.3 is 0 Å². The van der Waals surface area contributed by atoms with Gasteiger partial charge in [-0.15, -0.1) is 0 Å². The van der Waals surface area contributed by atoms with E-state index >= 15 is 0 Å². The van der Waals surface area contributed by atoms with Gasteiger partial charge < -0.3 is 25.4 Å². The number of rotatable bonds is 2. The molecule has 18 heavy (non-hydrogen) atoms. The van der Waals surface area contributed by atoms with Crippen LogP contribution in [0, 0.1) is 0 Å². The van der Waals surface area contributed by atoms with Gasteiger partial charge in [-0.1, -0.05) is 6.07 Å². The molecule has 0 spiro atoms. The Labute approximate surface area is 107 Å². The van der Waals surface area contributed by atoms with E-state index in [1.165, 1.54) is 0 Å². The van der Waals surface area contributed by atoms with Crippen molar-refractivity contribution >= 4 is 5.69 Å². The molecule has 1 fully saturated rings. The van der Waals surface area contributed by atoms with E-state index in [2.05, 4.69) is 10.2 Å². The smallest absolute Gasteiger partial charge is 0.184 e. The normalized spacial score (nSPS) is 18.8. The third-order valence-electron chi connectivity index (χ3n) is 3.42. The molecule has 0 amide bonds. The summed E-state index contributed by atoms with van der Waals surface area (Å²) in [6.07, 6.45) is 0. The van der Waals surface area contributed by atoms with Crippen molar-refractivity contribution in [1.29, 1.82) is 0 Å². The standard InChI is InChI=1S/C13H19N3O2/c14-9-10-1-2-11-13(18-8-7-17-11)12(10)16-5-3-15-4-6-16/h1-2,15H,3-9,14H2. The lowest BCUT2D eigenvalue weighted by atomic mass is 10.1. The van der Waals surface area contributed by atoms with Gasteiger partial charge in [-0.25, -0.2) is 0 Å². The van der Waals surface area contributed by atoms with E-state index < -0.39 is 0 Å². The van der Waals surface area contributed by atoms with Gasteiger partial charge in [0.25, 0.3) is 0 Å². The van der Waals surface area contributed by atoms with Gasteiger partial charge in [0.05, 0.1) is 5.69 Å². The maximum Gasteiger partial charge on any atom is 0.184 e. The molecule has 0 atom stereocenters. The minimum Gasteiger partial charge on any atom is -0.486 e. The predicted molar refractivity (Wildman–Crippen MR) is 70.4 cm³/mol. The van der Waals surface area contributed by atoms with Crippen molar-refractivity contribution in [2.24, 2.45) is 5.73 Å². The van der Waals surface area contributed by atoms with Gasteiger partial charge in [-0.05, 0) is 11.6 Å². The number of ether oxygens (including phenoxy) is 2. The second-order valence-electron chi connectivity index (χ2n) is 4.54. The van der Waals surface area contributed by atoms with Gasteiger partial charge in [-0.3, -0.25) is 0 Å². The summed E-state index contributed by atoms with van der Waals surface area (Å²) in [4.78, 5) is 2.34. The molecule has 3 N–H and O–H groups in total. The highest BCUT2D eigenvalue weighted by molar-refractivity contribution is 5.70. The largest absolute Gasteiger partial charge is 0.486 e. The molecule has 1 aromatic rings. The number of nitrogens with one attached hydrogen (secondary N) is 1. The van der Waals surface area contributed by atoms with Crippen molar-refractivity contribution < 1.29 is 9.47 Å². The molecule has 0 aliphatic carbocycles. The highest BCUT2D eigenvalue weighted by atomic mass is 16.6. The highest BCUT2D eigenvalue weighted by Crippen LogP contribution is 2.42. The van der Waals surface area contributed by atoms with Crippen LogP contribution in [0.1, 0.15) is 5.56 Å². The number of anilines is 1. The van der Waals surface area contributed by atoms with Crippen LogP contribution in [0.15, 0.2) is 12.1 Å². The molecule has 98 valence electrons. The molecule has 0 aromatic heterocycles. The van der Waals surface area contributed by atoms with Crippen molar-refractivity contribution in [1.82, 2.24) is 5.32 Å². The van der Waals surface area contributed by atoms with E-state index in [1.807, 2.05) is 12.1 Å². The van der Waals surface area contributed by atoms with Crippen LogP contribution in [-0.4, -0.2) is 39.4 Å². The lowest BCUT2D eigenvalue weighted by molar-refractivity contribution is 0.172. The fraction of sp³-hybridized carbons (Fsp3) is 0.538. The number of fused-ring (bicyclic) bond motifs is 1. The SMILES string of the molecule is NCc1ccc2c(c1N1CCNCC1)OCCO2. The van der Waals surface area contributed by atoms with Gasteiger partial charge in [-0.2, -0.15) is 0 Å². The number of nitrogens with zero attached hydrogens (tertiary/aromatic N) is 1. The molecule has 2 heterocycles. The molecular formula is C13H19N3O2. The maximum absolute atomic E-state index is 5.85. The van der Waals surface area contributed by atoms with Crippen LogP contribution in [0.3, 0.4) is 0 Å². The minimum absolute atomic E-state index is 0.524. The Morgan fingerprint density at radius 1 is 1.17 bits per heavy atom. The Kier molecular flexibility index (Phi) is 3.25. The fourth-order valence-electron chi connectivity index (χ4n) is 2.54. The summed E-state index contributed by atoms with van der Waals surface area (Å²) < 4.78 is 11.5. The Balaban J connectivity index is 2.03. The number of nitrogens with two attached hydrogens (primary N) is 1. The first-order valence-corrected chi connectivity index (χ1v) is 6.47. The number of hydrogen-bond donors (Lipinski definition) is 2. The summed E-state index contributed by atoms with van der Waals surface area (Å²) in [7, 11) is 0. The number of piperazine rings is 1. The number of benzene rings is 1. The molecule has 0 saturated carbocycles. The van der Waals surface area contributed by atoms with E-state index in [4.69, 9.17) is 15.2 Å². The first kappa shape index (κ1) is 11.6. The van der Waals surface area contributed by atoms with Crippen LogP contribution >= 0.6 is 0 Å². The van der Waals surface area contributed by atoms with Crippen LogP contribution in [0.25, 0.3) is 0 Å². The van der Waals surface area contributed by atoms with Crippen molar-refractivity contribution in [3.05, 3.63) is 17.7 Å². The average Bonchev–Trinajstić information content (AvgIpc) is 2.47. The monoisotopic (exact) mass is 249 g/mol. The summed E-state index contributed by atoms with van der Waals surface area (Å²) in [5.74, 6) is 1.71. The Morgan fingerprint density at radius 2 is 1.94 bits per heavy atom. The summed E-state index contributed by atoms with van der Waals surface area (Å²) in [5.41, 5.74) is 8.10. The molecule has 1 aromatic carbocycles.